The molecule has 3 nitrogen and oxygen atoms in total. The number of nitrogens with zero attached hydrogens (tertiary/aromatic N) is 1. The van der Waals surface area contributed by atoms with Crippen molar-refractivity contribution in [1.29, 1.82) is 0 Å². The summed E-state index contributed by atoms with van der Waals surface area (Å²) in [6.07, 6.45) is 6.80. The van der Waals surface area contributed by atoms with Crippen LogP contribution in [0.4, 0.5) is 0 Å². The second kappa shape index (κ2) is 7.01. The Morgan fingerprint density at radius 1 is 1.23 bits per heavy atom. The van der Waals surface area contributed by atoms with E-state index in [4.69, 9.17) is 11.6 Å². The van der Waals surface area contributed by atoms with Gasteiger partial charge in [0.2, 0.25) is 5.91 Å². The van der Waals surface area contributed by atoms with Crippen LogP contribution in [0.5, 0.6) is 0 Å². The van der Waals surface area contributed by atoms with Crippen LogP contribution in [0, 0.1) is 0 Å². The molecule has 2 fully saturated rings. The molecule has 120 valence electrons. The molecule has 1 saturated carbocycles. The van der Waals surface area contributed by atoms with Crippen molar-refractivity contribution < 1.29 is 4.79 Å². The van der Waals surface area contributed by atoms with Gasteiger partial charge in [0.05, 0.1) is 5.41 Å². The molecule has 0 unspecified atom stereocenters. The highest BCUT2D eigenvalue weighted by Gasteiger charge is 2.51. The molecule has 3 rings (SSSR count). The van der Waals surface area contributed by atoms with Gasteiger partial charge in [-0.1, -0.05) is 23.7 Å². The van der Waals surface area contributed by atoms with Crippen LogP contribution in [-0.2, 0) is 10.2 Å². The molecule has 1 aliphatic carbocycles. The zero-order valence-corrected chi connectivity index (χ0v) is 13.9. The molecule has 1 amide bonds. The summed E-state index contributed by atoms with van der Waals surface area (Å²) in [5, 5.41) is 3.84. The van der Waals surface area contributed by atoms with Crippen LogP contribution in [0.1, 0.15) is 44.1 Å². The average molecular weight is 321 g/mol. The lowest BCUT2D eigenvalue weighted by molar-refractivity contribution is -0.123. The summed E-state index contributed by atoms with van der Waals surface area (Å²) in [4.78, 5) is 15.0. The maximum atomic E-state index is 12.5. The molecule has 0 aromatic heterocycles. The summed E-state index contributed by atoms with van der Waals surface area (Å²) in [7, 11) is 0. The van der Waals surface area contributed by atoms with Crippen LogP contribution >= 0.6 is 11.6 Å². The number of hydrogen-bond donors (Lipinski definition) is 1. The van der Waals surface area contributed by atoms with Crippen molar-refractivity contribution in [2.24, 2.45) is 0 Å². The van der Waals surface area contributed by atoms with E-state index in [9.17, 15) is 4.79 Å². The van der Waals surface area contributed by atoms with Gasteiger partial charge in [-0.3, -0.25) is 4.79 Å². The van der Waals surface area contributed by atoms with E-state index < -0.39 is 0 Å². The largest absolute Gasteiger partial charge is 0.355 e. The molecule has 1 heterocycles. The predicted octanol–water partition coefficient (Wildman–Crippen LogP) is 3.36. The topological polar surface area (TPSA) is 32.3 Å². The van der Waals surface area contributed by atoms with Gasteiger partial charge in [0.1, 0.15) is 0 Å². The minimum atomic E-state index is -0.306. The number of amides is 1. The van der Waals surface area contributed by atoms with E-state index in [1.54, 1.807) is 0 Å². The van der Waals surface area contributed by atoms with Crippen LogP contribution in [0.25, 0.3) is 0 Å². The van der Waals surface area contributed by atoms with Crippen LogP contribution in [0.2, 0.25) is 5.02 Å². The first-order valence-corrected chi connectivity index (χ1v) is 8.85. The molecule has 1 aromatic carbocycles. The maximum Gasteiger partial charge on any atom is 0.230 e. The minimum Gasteiger partial charge on any atom is -0.355 e. The van der Waals surface area contributed by atoms with Gasteiger partial charge in [-0.15, -0.1) is 0 Å². The van der Waals surface area contributed by atoms with Gasteiger partial charge in [-0.05, 0) is 75.9 Å². The van der Waals surface area contributed by atoms with E-state index >= 15 is 0 Å². The SMILES string of the molecule is O=C(NCCCCN1CCCC1)C1(c2cccc(Cl)c2)CC1. The third kappa shape index (κ3) is 3.64. The van der Waals surface area contributed by atoms with E-state index in [-0.39, 0.29) is 11.3 Å². The lowest BCUT2D eigenvalue weighted by Crippen LogP contribution is -2.35. The average Bonchev–Trinajstić information content (AvgIpc) is 3.17. The quantitative estimate of drug-likeness (QED) is 0.781. The van der Waals surface area contributed by atoms with Gasteiger partial charge in [0.15, 0.2) is 0 Å². The molecule has 2 aliphatic rings. The molecule has 1 N–H and O–H groups in total. The summed E-state index contributed by atoms with van der Waals surface area (Å²) < 4.78 is 0. The molecular weight excluding hydrogens is 296 g/mol. The van der Waals surface area contributed by atoms with Gasteiger partial charge in [0, 0.05) is 11.6 Å². The van der Waals surface area contributed by atoms with Crippen LogP contribution in [0.15, 0.2) is 24.3 Å². The molecule has 0 bridgehead atoms. The number of halogens is 1. The van der Waals surface area contributed by atoms with Crippen molar-refractivity contribution in [2.45, 2.75) is 43.9 Å². The Bertz CT molecular complexity index is 522. The van der Waals surface area contributed by atoms with Crippen molar-refractivity contribution in [3.8, 4) is 0 Å². The van der Waals surface area contributed by atoms with Gasteiger partial charge >= 0.3 is 0 Å². The Balaban J connectivity index is 1.42. The summed E-state index contributed by atoms with van der Waals surface area (Å²) in [6.45, 7) is 4.47. The summed E-state index contributed by atoms with van der Waals surface area (Å²) in [5.41, 5.74) is 0.759. The zero-order valence-electron chi connectivity index (χ0n) is 13.1. The standard InChI is InChI=1S/C18H25ClN2O/c19-16-7-5-6-15(14-16)18(8-9-18)17(22)20-10-1-2-11-21-12-3-4-13-21/h5-7,14H,1-4,8-13H2,(H,20,22). The highest BCUT2D eigenvalue weighted by atomic mass is 35.5. The van der Waals surface area contributed by atoms with Crippen molar-refractivity contribution in [2.75, 3.05) is 26.2 Å². The number of carbonyl (C=O) groups is 1. The first-order chi connectivity index (χ1) is 10.7. The van der Waals surface area contributed by atoms with Gasteiger partial charge in [0.25, 0.3) is 0 Å². The van der Waals surface area contributed by atoms with Crippen molar-refractivity contribution in [3.05, 3.63) is 34.9 Å². The molecule has 0 spiro atoms. The highest BCUT2D eigenvalue weighted by Crippen LogP contribution is 2.48. The first kappa shape index (κ1) is 15.8. The second-order valence-electron chi connectivity index (χ2n) is 6.60. The maximum absolute atomic E-state index is 12.5. The normalized spacial score (nSPS) is 20.0. The number of likely N-dealkylation sites (tertiary alicyclic amines) is 1. The van der Waals surface area contributed by atoms with E-state index in [0.717, 1.165) is 31.4 Å². The van der Waals surface area contributed by atoms with Crippen LogP contribution < -0.4 is 5.32 Å². The van der Waals surface area contributed by atoms with Crippen LogP contribution in [0.3, 0.4) is 0 Å². The Kier molecular flexibility index (Phi) is 5.04. The fraction of sp³-hybridized carbons (Fsp3) is 0.611. The number of rotatable bonds is 7. The molecule has 1 aliphatic heterocycles. The fourth-order valence-corrected chi connectivity index (χ4v) is 3.59. The summed E-state index contributed by atoms with van der Waals surface area (Å²) >= 11 is 6.05. The number of unbranched alkanes of at least 4 members (excludes halogenated alkanes) is 1. The Hall–Kier alpha value is -1.06. The third-order valence-electron chi connectivity index (χ3n) is 4.95. The predicted molar refractivity (Wildman–Crippen MR) is 90.3 cm³/mol. The van der Waals surface area contributed by atoms with Crippen molar-refractivity contribution in [3.63, 3.8) is 0 Å². The van der Waals surface area contributed by atoms with E-state index in [1.165, 1.54) is 38.9 Å². The van der Waals surface area contributed by atoms with Gasteiger partial charge in [-0.2, -0.15) is 0 Å². The number of carbonyl (C=O) groups excluding carboxylic acids is 1. The molecular formula is C18H25ClN2O. The Morgan fingerprint density at radius 3 is 2.68 bits per heavy atom. The second-order valence-corrected chi connectivity index (χ2v) is 7.04. The van der Waals surface area contributed by atoms with Crippen molar-refractivity contribution in [1.82, 2.24) is 10.2 Å². The van der Waals surface area contributed by atoms with Crippen LogP contribution in [-0.4, -0.2) is 37.0 Å². The van der Waals surface area contributed by atoms with Gasteiger partial charge in [-0.25, -0.2) is 0 Å². The number of hydrogen-bond acceptors (Lipinski definition) is 2. The van der Waals surface area contributed by atoms with E-state index in [2.05, 4.69) is 10.2 Å². The fourth-order valence-electron chi connectivity index (χ4n) is 3.40. The Morgan fingerprint density at radius 2 is 2.00 bits per heavy atom. The molecule has 4 heteroatoms. The first-order valence-electron chi connectivity index (χ1n) is 8.47. The van der Waals surface area contributed by atoms with Crippen molar-refractivity contribution >= 4 is 17.5 Å². The highest BCUT2D eigenvalue weighted by molar-refractivity contribution is 6.30. The lowest BCUT2D eigenvalue weighted by Gasteiger charge is -2.17. The zero-order chi connectivity index (χ0) is 15.4. The molecule has 1 aromatic rings. The summed E-state index contributed by atoms with van der Waals surface area (Å²) in [6, 6.07) is 7.74. The minimum absolute atomic E-state index is 0.177. The smallest absolute Gasteiger partial charge is 0.230 e. The number of benzene rings is 1. The third-order valence-corrected chi connectivity index (χ3v) is 5.18. The molecule has 22 heavy (non-hydrogen) atoms. The summed E-state index contributed by atoms with van der Waals surface area (Å²) in [5.74, 6) is 0.177. The number of nitrogens with one attached hydrogen (secondary N) is 1. The Labute approximate surface area is 138 Å². The lowest BCUT2D eigenvalue weighted by atomic mass is 9.95. The van der Waals surface area contributed by atoms with E-state index in [0.29, 0.717) is 5.02 Å². The monoisotopic (exact) mass is 320 g/mol. The molecule has 0 atom stereocenters. The molecule has 0 radical (unpaired) electrons. The molecule has 1 saturated heterocycles. The van der Waals surface area contributed by atoms with Gasteiger partial charge < -0.3 is 10.2 Å². The van der Waals surface area contributed by atoms with E-state index in [1.807, 2.05) is 24.3 Å².